The minimum absolute atomic E-state index is 0.357. The van der Waals surface area contributed by atoms with Gasteiger partial charge >= 0.3 is 0 Å². The Labute approximate surface area is 101 Å². The molecule has 0 spiro atoms. The van der Waals surface area contributed by atoms with Gasteiger partial charge in [0.15, 0.2) is 0 Å². The van der Waals surface area contributed by atoms with Gasteiger partial charge in [-0.05, 0) is 31.1 Å². The molecule has 1 aliphatic carbocycles. The molecule has 1 atom stereocenters. The van der Waals surface area contributed by atoms with Crippen LogP contribution in [0.1, 0.15) is 65.2 Å². The Morgan fingerprint density at radius 3 is 2.50 bits per heavy atom. The van der Waals surface area contributed by atoms with E-state index in [1.165, 1.54) is 57.9 Å². The first kappa shape index (κ1) is 14.0. The molecule has 0 amide bonds. The predicted octanol–water partition coefficient (Wildman–Crippen LogP) is 3.06. The molecule has 1 unspecified atom stereocenters. The quantitative estimate of drug-likeness (QED) is 0.667. The Morgan fingerprint density at radius 1 is 1.25 bits per heavy atom. The Kier molecular flexibility index (Phi) is 6.37. The smallest absolute Gasteiger partial charge is 0.0165 e. The molecule has 1 saturated carbocycles. The van der Waals surface area contributed by atoms with Gasteiger partial charge in [0.1, 0.15) is 0 Å². The summed E-state index contributed by atoms with van der Waals surface area (Å²) in [6.07, 6.45) is 10.7. The molecule has 0 aromatic rings. The molecule has 96 valence electrons. The first-order chi connectivity index (χ1) is 7.72. The van der Waals surface area contributed by atoms with Crippen molar-refractivity contribution in [1.29, 1.82) is 0 Å². The van der Waals surface area contributed by atoms with Gasteiger partial charge in [0.05, 0.1) is 0 Å². The third-order valence-corrected chi connectivity index (χ3v) is 4.25. The Hall–Kier alpha value is -0.0800. The van der Waals surface area contributed by atoms with Gasteiger partial charge < -0.3 is 11.1 Å². The second-order valence-electron chi connectivity index (χ2n) is 5.59. The minimum atomic E-state index is 0.357. The summed E-state index contributed by atoms with van der Waals surface area (Å²) in [6.45, 7) is 6.75. The molecular formula is C14H30N2. The summed E-state index contributed by atoms with van der Waals surface area (Å²) in [5, 5.41) is 3.60. The molecule has 1 fully saturated rings. The second-order valence-corrected chi connectivity index (χ2v) is 5.59. The van der Waals surface area contributed by atoms with E-state index in [-0.39, 0.29) is 0 Å². The van der Waals surface area contributed by atoms with Crippen molar-refractivity contribution < 1.29 is 0 Å². The minimum Gasteiger partial charge on any atom is -0.327 e. The zero-order valence-electron chi connectivity index (χ0n) is 11.2. The van der Waals surface area contributed by atoms with Gasteiger partial charge in [0, 0.05) is 19.1 Å². The van der Waals surface area contributed by atoms with Crippen LogP contribution in [0.2, 0.25) is 0 Å². The van der Waals surface area contributed by atoms with E-state index >= 15 is 0 Å². The van der Waals surface area contributed by atoms with Crippen LogP contribution in [0, 0.1) is 5.41 Å². The number of rotatable bonds is 8. The third-order valence-electron chi connectivity index (χ3n) is 4.25. The van der Waals surface area contributed by atoms with Gasteiger partial charge in [-0.1, -0.05) is 39.5 Å². The van der Waals surface area contributed by atoms with Gasteiger partial charge in [-0.25, -0.2) is 0 Å². The lowest BCUT2D eigenvalue weighted by Gasteiger charge is -2.28. The van der Waals surface area contributed by atoms with Crippen LogP contribution in [0.4, 0.5) is 0 Å². The summed E-state index contributed by atoms with van der Waals surface area (Å²) in [4.78, 5) is 0. The lowest BCUT2D eigenvalue weighted by atomic mass is 9.83. The monoisotopic (exact) mass is 226 g/mol. The number of hydrogen-bond acceptors (Lipinski definition) is 2. The van der Waals surface area contributed by atoms with Crippen LogP contribution in [-0.2, 0) is 0 Å². The van der Waals surface area contributed by atoms with Gasteiger partial charge in [0.2, 0.25) is 0 Å². The van der Waals surface area contributed by atoms with E-state index in [2.05, 4.69) is 19.2 Å². The van der Waals surface area contributed by atoms with E-state index in [9.17, 15) is 0 Å². The number of nitrogens with two attached hydrogens (primary N) is 1. The van der Waals surface area contributed by atoms with Crippen molar-refractivity contribution in [3.63, 3.8) is 0 Å². The van der Waals surface area contributed by atoms with Gasteiger partial charge in [-0.2, -0.15) is 0 Å². The van der Waals surface area contributed by atoms with E-state index in [1.54, 1.807) is 0 Å². The Balaban J connectivity index is 2.13. The molecule has 0 aromatic carbocycles. The summed E-state index contributed by atoms with van der Waals surface area (Å²) in [5.74, 6) is 0. The highest BCUT2D eigenvalue weighted by molar-refractivity contribution is 4.85. The van der Waals surface area contributed by atoms with E-state index in [0.717, 1.165) is 6.54 Å². The fourth-order valence-electron chi connectivity index (χ4n) is 2.87. The van der Waals surface area contributed by atoms with Crippen LogP contribution in [-0.4, -0.2) is 19.1 Å². The average Bonchev–Trinajstić information content (AvgIpc) is 2.76. The van der Waals surface area contributed by atoms with E-state index < -0.39 is 0 Å². The fraction of sp³-hybridized carbons (Fsp3) is 1.00. The lowest BCUT2D eigenvalue weighted by Crippen LogP contribution is -2.39. The van der Waals surface area contributed by atoms with Crippen LogP contribution in [0.3, 0.4) is 0 Å². The molecular weight excluding hydrogens is 196 g/mol. The maximum atomic E-state index is 6.07. The highest BCUT2D eigenvalue weighted by atomic mass is 14.9. The molecule has 1 rings (SSSR count). The van der Waals surface area contributed by atoms with Crippen molar-refractivity contribution in [2.75, 3.05) is 13.1 Å². The Bertz CT molecular complexity index is 174. The molecule has 2 heteroatoms. The van der Waals surface area contributed by atoms with E-state index in [1.807, 2.05) is 0 Å². The third kappa shape index (κ3) is 4.42. The van der Waals surface area contributed by atoms with Gasteiger partial charge in [0.25, 0.3) is 0 Å². The number of unbranched alkanes of at least 4 members (excludes halogenated alkanes) is 1. The SMILES string of the molecule is CCCCC(N)CNCC1(CC)CCCC1. The summed E-state index contributed by atoms with van der Waals surface area (Å²) < 4.78 is 0. The fourth-order valence-corrected chi connectivity index (χ4v) is 2.87. The molecule has 0 bridgehead atoms. The zero-order valence-corrected chi connectivity index (χ0v) is 11.2. The normalized spacial score (nSPS) is 21.2. The topological polar surface area (TPSA) is 38.0 Å². The first-order valence-electron chi connectivity index (χ1n) is 7.19. The second kappa shape index (κ2) is 7.29. The van der Waals surface area contributed by atoms with Crippen molar-refractivity contribution in [1.82, 2.24) is 5.32 Å². The maximum Gasteiger partial charge on any atom is 0.0165 e. The number of nitrogens with one attached hydrogen (secondary N) is 1. The van der Waals surface area contributed by atoms with Crippen molar-refractivity contribution in [2.24, 2.45) is 11.1 Å². The molecule has 0 heterocycles. The zero-order chi connectivity index (χ0) is 11.9. The van der Waals surface area contributed by atoms with Crippen LogP contribution in [0.25, 0.3) is 0 Å². The molecule has 0 saturated heterocycles. The van der Waals surface area contributed by atoms with Crippen LogP contribution < -0.4 is 11.1 Å². The molecule has 0 aromatic heterocycles. The van der Waals surface area contributed by atoms with Crippen molar-refractivity contribution >= 4 is 0 Å². The van der Waals surface area contributed by atoms with Crippen LogP contribution in [0.5, 0.6) is 0 Å². The van der Waals surface area contributed by atoms with Crippen molar-refractivity contribution in [3.8, 4) is 0 Å². The highest BCUT2D eigenvalue weighted by Crippen LogP contribution is 2.40. The van der Waals surface area contributed by atoms with E-state index in [0.29, 0.717) is 11.5 Å². The molecule has 0 aliphatic heterocycles. The summed E-state index contributed by atoms with van der Waals surface area (Å²) in [7, 11) is 0. The average molecular weight is 226 g/mol. The van der Waals surface area contributed by atoms with Gasteiger partial charge in [-0.15, -0.1) is 0 Å². The van der Waals surface area contributed by atoms with E-state index in [4.69, 9.17) is 5.73 Å². The van der Waals surface area contributed by atoms with Crippen LogP contribution in [0.15, 0.2) is 0 Å². The first-order valence-corrected chi connectivity index (χ1v) is 7.19. The molecule has 2 nitrogen and oxygen atoms in total. The van der Waals surface area contributed by atoms with Crippen molar-refractivity contribution in [2.45, 2.75) is 71.3 Å². The lowest BCUT2D eigenvalue weighted by molar-refractivity contribution is 0.266. The van der Waals surface area contributed by atoms with Gasteiger partial charge in [-0.3, -0.25) is 0 Å². The summed E-state index contributed by atoms with van der Waals surface area (Å²) in [6, 6.07) is 0.357. The number of hydrogen-bond donors (Lipinski definition) is 2. The molecule has 3 N–H and O–H groups in total. The standard InChI is InChI=1S/C14H30N2/c1-3-5-8-13(15)11-16-12-14(4-2)9-6-7-10-14/h13,16H,3-12,15H2,1-2H3. The maximum absolute atomic E-state index is 6.07. The van der Waals surface area contributed by atoms with Crippen LogP contribution >= 0.6 is 0 Å². The highest BCUT2D eigenvalue weighted by Gasteiger charge is 2.31. The Morgan fingerprint density at radius 2 is 1.94 bits per heavy atom. The molecule has 0 radical (unpaired) electrons. The summed E-state index contributed by atoms with van der Waals surface area (Å²) in [5.41, 5.74) is 6.67. The summed E-state index contributed by atoms with van der Waals surface area (Å²) >= 11 is 0. The van der Waals surface area contributed by atoms with Crippen molar-refractivity contribution in [3.05, 3.63) is 0 Å². The molecule has 1 aliphatic rings. The predicted molar refractivity (Wildman–Crippen MR) is 71.6 cm³/mol. The molecule has 16 heavy (non-hydrogen) atoms. The largest absolute Gasteiger partial charge is 0.327 e.